The molecule has 0 saturated heterocycles. The second kappa shape index (κ2) is 6.33. The molecule has 0 saturated carbocycles. The predicted molar refractivity (Wildman–Crippen MR) is 94.0 cm³/mol. The third-order valence-electron chi connectivity index (χ3n) is 4.13. The van der Waals surface area contributed by atoms with Gasteiger partial charge in [0.2, 0.25) is 5.95 Å². The number of nitrogens with zero attached hydrogens (tertiary/aromatic N) is 4. The maximum Gasteiger partial charge on any atom is 0.268 e. The van der Waals surface area contributed by atoms with Crippen LogP contribution in [0.1, 0.15) is 17.0 Å². The van der Waals surface area contributed by atoms with E-state index in [0.717, 1.165) is 11.3 Å². The van der Waals surface area contributed by atoms with Gasteiger partial charge in [-0.15, -0.1) is 5.10 Å². The van der Waals surface area contributed by atoms with Gasteiger partial charge in [-0.2, -0.15) is 14.9 Å². The van der Waals surface area contributed by atoms with Crippen molar-refractivity contribution in [3.63, 3.8) is 0 Å². The topological polar surface area (TPSA) is 92.8 Å². The number of anilines is 1. The lowest BCUT2D eigenvalue weighted by atomic mass is 10.1. The molecular weight excluding hydrogens is 330 g/mol. The fourth-order valence-electron chi connectivity index (χ4n) is 2.87. The minimum atomic E-state index is -0.598. The Hall–Kier alpha value is -3.66. The highest BCUT2D eigenvalue weighted by molar-refractivity contribution is 5.94. The monoisotopic (exact) mass is 345 g/mol. The first-order valence-corrected chi connectivity index (χ1v) is 8.13. The van der Waals surface area contributed by atoms with Crippen LogP contribution in [0, 0.1) is 18.3 Å². The van der Waals surface area contributed by atoms with E-state index in [0.29, 0.717) is 29.4 Å². The Kier molecular flexibility index (Phi) is 3.86. The molecule has 1 aromatic heterocycles. The number of fused-ring (bicyclic) bond motifs is 1. The van der Waals surface area contributed by atoms with Crippen molar-refractivity contribution in [1.29, 1.82) is 5.26 Å². The standard InChI is InChI=1S/C19H15N5O2/c1-12-21-19(24(23-12)15-8-6-13(11-20)7-9-15)22-18(25)17-10-14-4-2-3-5-16(14)26-17/h2-9,17H,10H2,1H3,(H,21,22,23,25). The number of aryl methyl sites for hydroxylation is 1. The number of hydrogen-bond donors (Lipinski definition) is 1. The lowest BCUT2D eigenvalue weighted by molar-refractivity contribution is -0.122. The molecule has 0 fully saturated rings. The molecule has 1 atom stereocenters. The molecule has 4 rings (SSSR count). The van der Waals surface area contributed by atoms with Crippen LogP contribution < -0.4 is 10.1 Å². The normalized spacial score (nSPS) is 15.0. The Bertz CT molecular complexity index is 992. The summed E-state index contributed by atoms with van der Waals surface area (Å²) in [5, 5.41) is 16.0. The van der Waals surface area contributed by atoms with Crippen molar-refractivity contribution in [2.45, 2.75) is 19.4 Å². The summed E-state index contributed by atoms with van der Waals surface area (Å²) in [4.78, 5) is 16.9. The lowest BCUT2D eigenvalue weighted by Gasteiger charge is -2.11. The van der Waals surface area contributed by atoms with Crippen molar-refractivity contribution in [3.05, 3.63) is 65.5 Å². The van der Waals surface area contributed by atoms with Gasteiger partial charge in [0.15, 0.2) is 6.10 Å². The molecule has 3 aromatic rings. The highest BCUT2D eigenvalue weighted by Crippen LogP contribution is 2.28. The van der Waals surface area contributed by atoms with Crippen molar-refractivity contribution in [2.24, 2.45) is 0 Å². The second-order valence-corrected chi connectivity index (χ2v) is 5.96. The van der Waals surface area contributed by atoms with Crippen LogP contribution in [0.3, 0.4) is 0 Å². The minimum absolute atomic E-state index is 0.275. The van der Waals surface area contributed by atoms with Crippen LogP contribution in [0.5, 0.6) is 5.75 Å². The number of rotatable bonds is 3. The molecule has 1 amide bonds. The summed E-state index contributed by atoms with van der Waals surface area (Å²) in [6.45, 7) is 1.75. The molecular formula is C19H15N5O2. The number of ether oxygens (including phenoxy) is 1. The number of benzene rings is 2. The molecule has 0 radical (unpaired) electrons. The first kappa shape index (κ1) is 15.8. The Morgan fingerprint density at radius 2 is 2.04 bits per heavy atom. The third-order valence-corrected chi connectivity index (χ3v) is 4.13. The summed E-state index contributed by atoms with van der Waals surface area (Å²) in [5.74, 6) is 1.30. The molecule has 1 aliphatic heterocycles. The molecule has 7 nitrogen and oxygen atoms in total. The number of nitriles is 1. The van der Waals surface area contributed by atoms with Crippen LogP contribution in [-0.2, 0) is 11.2 Å². The maximum atomic E-state index is 12.6. The molecule has 1 unspecified atom stereocenters. The highest BCUT2D eigenvalue weighted by atomic mass is 16.5. The van der Waals surface area contributed by atoms with Crippen molar-refractivity contribution >= 4 is 11.9 Å². The van der Waals surface area contributed by atoms with E-state index >= 15 is 0 Å². The third kappa shape index (κ3) is 2.89. The van der Waals surface area contributed by atoms with Crippen LogP contribution in [0.15, 0.2) is 48.5 Å². The summed E-state index contributed by atoms with van der Waals surface area (Å²) >= 11 is 0. The van der Waals surface area contributed by atoms with Gasteiger partial charge in [0.25, 0.3) is 5.91 Å². The van der Waals surface area contributed by atoms with Crippen LogP contribution in [-0.4, -0.2) is 26.8 Å². The van der Waals surface area contributed by atoms with E-state index in [-0.39, 0.29) is 5.91 Å². The molecule has 128 valence electrons. The number of para-hydroxylation sites is 1. The van der Waals surface area contributed by atoms with Gasteiger partial charge in [0.05, 0.1) is 17.3 Å². The summed E-state index contributed by atoms with van der Waals surface area (Å²) in [5.41, 5.74) is 2.27. The van der Waals surface area contributed by atoms with Crippen LogP contribution >= 0.6 is 0 Å². The van der Waals surface area contributed by atoms with Gasteiger partial charge >= 0.3 is 0 Å². The SMILES string of the molecule is Cc1nc(NC(=O)C2Cc3ccccc3O2)n(-c2ccc(C#N)cc2)n1. The summed E-state index contributed by atoms with van der Waals surface area (Å²) < 4.78 is 7.26. The van der Waals surface area contributed by atoms with Crippen molar-refractivity contribution in [2.75, 3.05) is 5.32 Å². The summed E-state index contributed by atoms with van der Waals surface area (Å²) in [6, 6.07) is 16.6. The second-order valence-electron chi connectivity index (χ2n) is 5.96. The van der Waals surface area contributed by atoms with Gasteiger partial charge < -0.3 is 4.74 Å². The number of nitrogens with one attached hydrogen (secondary N) is 1. The minimum Gasteiger partial charge on any atom is -0.480 e. The van der Waals surface area contributed by atoms with Gasteiger partial charge in [-0.3, -0.25) is 10.1 Å². The molecule has 0 bridgehead atoms. The Balaban J connectivity index is 1.55. The Morgan fingerprint density at radius 1 is 1.27 bits per heavy atom. The number of carbonyl (C=O) groups is 1. The Labute approximate surface area is 149 Å². The maximum absolute atomic E-state index is 12.6. The molecule has 7 heteroatoms. The average Bonchev–Trinajstić information content (AvgIpc) is 3.25. The van der Waals surface area contributed by atoms with Crippen molar-refractivity contribution in [3.8, 4) is 17.5 Å². The lowest BCUT2D eigenvalue weighted by Crippen LogP contribution is -2.32. The number of aromatic nitrogens is 3. The highest BCUT2D eigenvalue weighted by Gasteiger charge is 2.29. The Morgan fingerprint density at radius 3 is 2.77 bits per heavy atom. The van der Waals surface area contributed by atoms with E-state index < -0.39 is 6.10 Å². The van der Waals surface area contributed by atoms with Crippen LogP contribution in [0.25, 0.3) is 5.69 Å². The first-order chi connectivity index (χ1) is 12.6. The summed E-state index contributed by atoms with van der Waals surface area (Å²) in [6.07, 6.45) is -0.0785. The van der Waals surface area contributed by atoms with E-state index in [2.05, 4.69) is 21.5 Å². The molecule has 1 aliphatic rings. The zero-order chi connectivity index (χ0) is 18.1. The van der Waals surface area contributed by atoms with Gasteiger partial charge in [-0.25, -0.2) is 0 Å². The van der Waals surface area contributed by atoms with Gasteiger partial charge in [-0.05, 0) is 42.8 Å². The van der Waals surface area contributed by atoms with Crippen LogP contribution in [0.4, 0.5) is 5.95 Å². The zero-order valence-electron chi connectivity index (χ0n) is 14.0. The van der Waals surface area contributed by atoms with E-state index in [1.807, 2.05) is 24.3 Å². The van der Waals surface area contributed by atoms with E-state index in [9.17, 15) is 4.79 Å². The van der Waals surface area contributed by atoms with Crippen LogP contribution in [0.2, 0.25) is 0 Å². The predicted octanol–water partition coefficient (Wildman–Crippen LogP) is 2.39. The summed E-state index contributed by atoms with van der Waals surface area (Å²) in [7, 11) is 0. The average molecular weight is 345 g/mol. The van der Waals surface area contributed by atoms with Crippen molar-refractivity contribution in [1.82, 2.24) is 14.8 Å². The molecule has 26 heavy (non-hydrogen) atoms. The molecule has 1 N–H and O–H groups in total. The number of hydrogen-bond acceptors (Lipinski definition) is 5. The molecule has 2 aromatic carbocycles. The number of carbonyl (C=O) groups excluding carboxylic acids is 1. The molecule has 0 spiro atoms. The van der Waals surface area contributed by atoms with Crippen molar-refractivity contribution < 1.29 is 9.53 Å². The van der Waals surface area contributed by atoms with E-state index in [1.165, 1.54) is 4.68 Å². The zero-order valence-corrected chi connectivity index (χ0v) is 14.0. The largest absolute Gasteiger partial charge is 0.480 e. The molecule has 2 heterocycles. The van der Waals surface area contributed by atoms with Gasteiger partial charge in [-0.1, -0.05) is 18.2 Å². The van der Waals surface area contributed by atoms with Gasteiger partial charge in [0, 0.05) is 6.42 Å². The van der Waals surface area contributed by atoms with E-state index in [1.54, 1.807) is 31.2 Å². The number of amides is 1. The van der Waals surface area contributed by atoms with Gasteiger partial charge in [0.1, 0.15) is 11.6 Å². The smallest absolute Gasteiger partial charge is 0.268 e. The molecule has 0 aliphatic carbocycles. The van der Waals surface area contributed by atoms with E-state index in [4.69, 9.17) is 10.00 Å². The fraction of sp³-hybridized carbons (Fsp3) is 0.158. The quantitative estimate of drug-likeness (QED) is 0.787. The first-order valence-electron chi connectivity index (χ1n) is 8.13. The fourth-order valence-corrected chi connectivity index (χ4v) is 2.87.